The standard InChI is InChI=1S/C28H26N2O3/c1-19-5-11-22(12-6-19)26(31)27(23-13-7-20(2)8-14-23)33-28(32)24(18-29)17-21-9-15-25(16-10-21)30(3)4/h5-17,27H,1-4H3. The van der Waals surface area contributed by atoms with Crippen LogP contribution >= 0.6 is 0 Å². The minimum Gasteiger partial charge on any atom is -0.445 e. The molecule has 1 unspecified atom stereocenters. The van der Waals surface area contributed by atoms with Gasteiger partial charge in [-0.05, 0) is 37.6 Å². The van der Waals surface area contributed by atoms with Crippen molar-refractivity contribution in [2.75, 3.05) is 19.0 Å². The molecule has 0 heterocycles. The van der Waals surface area contributed by atoms with Crippen LogP contribution in [-0.2, 0) is 9.53 Å². The van der Waals surface area contributed by atoms with Gasteiger partial charge in [0.2, 0.25) is 5.78 Å². The van der Waals surface area contributed by atoms with Gasteiger partial charge in [-0.15, -0.1) is 0 Å². The number of carbonyl (C=O) groups is 2. The summed E-state index contributed by atoms with van der Waals surface area (Å²) < 4.78 is 5.62. The molecule has 0 amide bonds. The van der Waals surface area contributed by atoms with Gasteiger partial charge in [0.1, 0.15) is 11.6 Å². The van der Waals surface area contributed by atoms with E-state index < -0.39 is 12.1 Å². The number of benzene rings is 3. The zero-order valence-corrected chi connectivity index (χ0v) is 19.2. The van der Waals surface area contributed by atoms with Gasteiger partial charge in [0.05, 0.1) is 0 Å². The number of Topliss-reactive ketones (excluding diaryl/α,β-unsaturated/α-hetero) is 1. The van der Waals surface area contributed by atoms with E-state index in [2.05, 4.69) is 0 Å². The van der Waals surface area contributed by atoms with Gasteiger partial charge in [0.25, 0.3) is 0 Å². The summed E-state index contributed by atoms with van der Waals surface area (Å²) in [6.45, 7) is 3.87. The number of ketones is 1. The van der Waals surface area contributed by atoms with Gasteiger partial charge in [-0.3, -0.25) is 4.79 Å². The number of hydrogen-bond acceptors (Lipinski definition) is 5. The summed E-state index contributed by atoms with van der Waals surface area (Å²) in [4.78, 5) is 28.1. The quantitative estimate of drug-likeness (QED) is 0.212. The first kappa shape index (κ1) is 23.5. The number of ether oxygens (including phenoxy) is 1. The molecule has 5 heteroatoms. The Morgan fingerprint density at radius 1 is 0.879 bits per heavy atom. The largest absolute Gasteiger partial charge is 0.445 e. The SMILES string of the molecule is Cc1ccc(C(=O)C(OC(=O)C(C#N)=Cc2ccc(N(C)C)cc2)c2ccc(C)cc2)cc1. The molecule has 0 aliphatic heterocycles. The summed E-state index contributed by atoms with van der Waals surface area (Å²) in [5, 5.41) is 9.59. The summed E-state index contributed by atoms with van der Waals surface area (Å²) in [5.74, 6) is -1.19. The molecule has 3 rings (SSSR count). The van der Waals surface area contributed by atoms with Gasteiger partial charge in [-0.25, -0.2) is 4.79 Å². The average Bonchev–Trinajstić information content (AvgIpc) is 2.82. The summed E-state index contributed by atoms with van der Waals surface area (Å²) in [7, 11) is 3.86. The van der Waals surface area contributed by atoms with Gasteiger partial charge < -0.3 is 9.64 Å². The van der Waals surface area contributed by atoms with E-state index in [1.165, 1.54) is 6.08 Å². The van der Waals surface area contributed by atoms with E-state index in [0.717, 1.165) is 16.8 Å². The molecule has 1 atom stereocenters. The van der Waals surface area contributed by atoms with Crippen LogP contribution in [0.15, 0.2) is 78.4 Å². The molecule has 0 N–H and O–H groups in total. The maximum atomic E-state index is 13.3. The minimum atomic E-state index is -1.16. The summed E-state index contributed by atoms with van der Waals surface area (Å²) in [6.07, 6.45) is 0.304. The first-order chi connectivity index (χ1) is 15.8. The Balaban J connectivity index is 1.91. The average molecular weight is 439 g/mol. The number of hydrogen-bond donors (Lipinski definition) is 0. The van der Waals surface area contributed by atoms with Crippen molar-refractivity contribution in [2.24, 2.45) is 0 Å². The molecule has 0 aliphatic rings. The van der Waals surface area contributed by atoms with Crippen molar-refractivity contribution in [3.05, 3.63) is 106 Å². The lowest BCUT2D eigenvalue weighted by Crippen LogP contribution is -2.21. The third kappa shape index (κ3) is 5.96. The van der Waals surface area contributed by atoms with Crippen molar-refractivity contribution in [3.8, 4) is 6.07 Å². The Labute approximate surface area is 194 Å². The zero-order chi connectivity index (χ0) is 24.0. The molecular weight excluding hydrogens is 412 g/mol. The highest BCUT2D eigenvalue weighted by Crippen LogP contribution is 2.25. The second-order valence-corrected chi connectivity index (χ2v) is 8.08. The van der Waals surface area contributed by atoms with Crippen LogP contribution in [0.1, 0.15) is 38.7 Å². The molecule has 0 saturated heterocycles. The van der Waals surface area contributed by atoms with Crippen molar-refractivity contribution in [1.29, 1.82) is 5.26 Å². The van der Waals surface area contributed by atoms with E-state index in [0.29, 0.717) is 16.7 Å². The monoisotopic (exact) mass is 438 g/mol. The lowest BCUT2D eigenvalue weighted by atomic mass is 9.98. The van der Waals surface area contributed by atoms with Crippen LogP contribution in [0.4, 0.5) is 5.69 Å². The molecule has 0 aliphatic carbocycles. The van der Waals surface area contributed by atoms with E-state index in [-0.39, 0.29) is 11.4 Å². The Morgan fingerprint density at radius 2 is 1.42 bits per heavy atom. The lowest BCUT2D eigenvalue weighted by molar-refractivity contribution is -0.142. The molecule has 3 aromatic carbocycles. The number of aryl methyl sites for hydroxylation is 2. The van der Waals surface area contributed by atoms with Crippen LogP contribution in [0.3, 0.4) is 0 Å². The summed E-state index contributed by atoms with van der Waals surface area (Å²) in [5.41, 5.74) is 4.52. The third-order valence-electron chi connectivity index (χ3n) is 5.24. The molecule has 0 fully saturated rings. The fourth-order valence-corrected chi connectivity index (χ4v) is 3.23. The van der Waals surface area contributed by atoms with Gasteiger partial charge in [0.15, 0.2) is 6.10 Å². The van der Waals surface area contributed by atoms with Gasteiger partial charge in [0, 0.05) is 30.9 Å². The number of esters is 1. The molecule has 5 nitrogen and oxygen atoms in total. The highest BCUT2D eigenvalue weighted by molar-refractivity contribution is 6.04. The number of carbonyl (C=O) groups excluding carboxylic acids is 2. The Kier molecular flexibility index (Phi) is 7.42. The molecule has 0 bridgehead atoms. The Morgan fingerprint density at radius 3 is 1.94 bits per heavy atom. The molecule has 0 spiro atoms. The van der Waals surface area contributed by atoms with E-state index in [1.807, 2.05) is 87.4 Å². The van der Waals surface area contributed by atoms with Crippen LogP contribution < -0.4 is 4.90 Å². The number of anilines is 1. The highest BCUT2D eigenvalue weighted by atomic mass is 16.5. The molecule has 33 heavy (non-hydrogen) atoms. The van der Waals surface area contributed by atoms with Crippen LogP contribution in [0.25, 0.3) is 6.08 Å². The maximum Gasteiger partial charge on any atom is 0.349 e. The Hall–Kier alpha value is -4.17. The van der Waals surface area contributed by atoms with Crippen molar-refractivity contribution in [3.63, 3.8) is 0 Å². The highest BCUT2D eigenvalue weighted by Gasteiger charge is 2.27. The molecule has 166 valence electrons. The summed E-state index contributed by atoms with van der Waals surface area (Å²) in [6, 6.07) is 23.6. The Bertz CT molecular complexity index is 1200. The van der Waals surface area contributed by atoms with Crippen LogP contribution in [0, 0.1) is 25.2 Å². The van der Waals surface area contributed by atoms with Crippen LogP contribution in [-0.4, -0.2) is 25.8 Å². The summed E-state index contributed by atoms with van der Waals surface area (Å²) >= 11 is 0. The predicted molar refractivity (Wildman–Crippen MR) is 130 cm³/mol. The topological polar surface area (TPSA) is 70.4 Å². The van der Waals surface area contributed by atoms with Gasteiger partial charge >= 0.3 is 5.97 Å². The second-order valence-electron chi connectivity index (χ2n) is 8.08. The van der Waals surface area contributed by atoms with E-state index >= 15 is 0 Å². The normalized spacial score (nSPS) is 11.9. The molecule has 3 aromatic rings. The van der Waals surface area contributed by atoms with E-state index in [4.69, 9.17) is 4.74 Å². The first-order valence-corrected chi connectivity index (χ1v) is 10.6. The van der Waals surface area contributed by atoms with Crippen molar-refractivity contribution < 1.29 is 14.3 Å². The van der Waals surface area contributed by atoms with Gasteiger partial charge in [-0.1, -0.05) is 71.8 Å². The smallest absolute Gasteiger partial charge is 0.349 e. The molecule has 0 saturated carbocycles. The fourth-order valence-electron chi connectivity index (χ4n) is 3.23. The molecular formula is C28H26N2O3. The van der Waals surface area contributed by atoms with Crippen molar-refractivity contribution >= 4 is 23.5 Å². The van der Waals surface area contributed by atoms with Crippen LogP contribution in [0.5, 0.6) is 0 Å². The van der Waals surface area contributed by atoms with Crippen LogP contribution in [0.2, 0.25) is 0 Å². The fraction of sp³-hybridized carbons (Fsp3) is 0.179. The molecule has 0 aromatic heterocycles. The van der Waals surface area contributed by atoms with Crippen molar-refractivity contribution in [2.45, 2.75) is 20.0 Å². The van der Waals surface area contributed by atoms with Crippen molar-refractivity contribution in [1.82, 2.24) is 0 Å². The second kappa shape index (κ2) is 10.4. The first-order valence-electron chi connectivity index (χ1n) is 10.6. The predicted octanol–water partition coefficient (Wildman–Crippen LogP) is 5.44. The zero-order valence-electron chi connectivity index (χ0n) is 19.2. The van der Waals surface area contributed by atoms with E-state index in [1.54, 1.807) is 24.3 Å². The minimum absolute atomic E-state index is 0.179. The number of nitrogens with zero attached hydrogens (tertiary/aromatic N) is 2. The number of rotatable bonds is 7. The molecule has 0 radical (unpaired) electrons. The lowest BCUT2D eigenvalue weighted by Gasteiger charge is -2.18. The number of nitriles is 1. The third-order valence-corrected chi connectivity index (χ3v) is 5.24. The van der Waals surface area contributed by atoms with Gasteiger partial charge in [-0.2, -0.15) is 5.26 Å². The maximum absolute atomic E-state index is 13.3. The van der Waals surface area contributed by atoms with E-state index in [9.17, 15) is 14.9 Å².